The Balaban J connectivity index is 2.00. The van der Waals surface area contributed by atoms with E-state index in [2.05, 4.69) is 33.9 Å². The van der Waals surface area contributed by atoms with Gasteiger partial charge >= 0.3 is 0 Å². The van der Waals surface area contributed by atoms with E-state index in [9.17, 15) is 18.3 Å². The molecule has 0 bridgehead atoms. The molecule has 0 saturated carbocycles. The maximum atomic E-state index is 13.6. The van der Waals surface area contributed by atoms with Crippen molar-refractivity contribution in [1.29, 1.82) is 0 Å². The Bertz CT molecular complexity index is 1350. The van der Waals surface area contributed by atoms with Crippen LogP contribution in [0.5, 0.6) is 5.75 Å². The van der Waals surface area contributed by atoms with Crippen LogP contribution in [0.2, 0.25) is 18.1 Å². The van der Waals surface area contributed by atoms with Gasteiger partial charge in [0.2, 0.25) is 0 Å². The first-order valence-electron chi connectivity index (χ1n) is 10.7. The van der Waals surface area contributed by atoms with Crippen molar-refractivity contribution < 1.29 is 18.3 Å². The Labute approximate surface area is 190 Å². The van der Waals surface area contributed by atoms with Crippen LogP contribution in [0, 0.1) is 6.92 Å². The Morgan fingerprint density at radius 1 is 0.969 bits per heavy atom. The van der Waals surface area contributed by atoms with Crippen LogP contribution in [0.3, 0.4) is 0 Å². The molecule has 0 atom stereocenters. The molecule has 4 rings (SSSR count). The van der Waals surface area contributed by atoms with Gasteiger partial charge in [0.05, 0.1) is 25.1 Å². The van der Waals surface area contributed by atoms with Crippen molar-refractivity contribution in [3.8, 4) is 5.75 Å². The van der Waals surface area contributed by atoms with Crippen molar-refractivity contribution in [1.82, 2.24) is 4.31 Å². The minimum Gasteiger partial charge on any atom is -0.507 e. The molecule has 0 aliphatic carbocycles. The molecule has 7 heteroatoms. The number of nitrogens with zero attached hydrogens (tertiary/aromatic N) is 1. The molecule has 0 fully saturated rings. The third-order valence-corrected chi connectivity index (χ3v) is 14.4. The zero-order valence-corrected chi connectivity index (χ0v) is 21.2. The highest BCUT2D eigenvalue weighted by molar-refractivity contribution is 7.89. The lowest BCUT2D eigenvalue weighted by molar-refractivity contribution is 0.0880. The number of hydrogen-bond acceptors (Lipinski definition) is 4. The summed E-state index contributed by atoms with van der Waals surface area (Å²) in [7, 11) is -6.36. The maximum Gasteiger partial charge on any atom is 0.268 e. The number of rotatable bonds is 3. The molecule has 1 aliphatic rings. The molecular formula is C25H29NO4SSi. The van der Waals surface area contributed by atoms with E-state index < -0.39 is 24.0 Å². The number of sulfonamides is 1. The van der Waals surface area contributed by atoms with E-state index >= 15 is 0 Å². The Kier molecular flexibility index (Phi) is 5.06. The molecule has 0 aromatic heterocycles. The van der Waals surface area contributed by atoms with Gasteiger partial charge in [-0.05, 0) is 40.2 Å². The van der Waals surface area contributed by atoms with E-state index in [1.165, 1.54) is 12.1 Å². The van der Waals surface area contributed by atoms with Gasteiger partial charge in [0, 0.05) is 5.39 Å². The Morgan fingerprint density at radius 2 is 1.53 bits per heavy atom. The number of carbonyl (C=O) groups is 1. The van der Waals surface area contributed by atoms with Crippen LogP contribution in [-0.2, 0) is 16.6 Å². The third kappa shape index (κ3) is 3.18. The molecule has 0 unspecified atom stereocenters. The van der Waals surface area contributed by atoms with Gasteiger partial charge in [0.25, 0.3) is 15.9 Å². The summed E-state index contributed by atoms with van der Waals surface area (Å²) in [5, 5.41) is 13.2. The maximum absolute atomic E-state index is 13.6. The minimum atomic E-state index is -4.03. The molecule has 32 heavy (non-hydrogen) atoms. The zero-order valence-electron chi connectivity index (χ0n) is 19.4. The molecule has 3 aromatic carbocycles. The highest BCUT2D eigenvalue weighted by atomic mass is 32.2. The lowest BCUT2D eigenvalue weighted by Gasteiger charge is -2.39. The Hall–Kier alpha value is -2.64. The van der Waals surface area contributed by atoms with Gasteiger partial charge in [-0.25, -0.2) is 12.7 Å². The van der Waals surface area contributed by atoms with Crippen LogP contribution >= 0.6 is 0 Å². The van der Waals surface area contributed by atoms with Crippen LogP contribution < -0.4 is 5.19 Å². The van der Waals surface area contributed by atoms with E-state index in [0.29, 0.717) is 21.9 Å². The molecule has 0 spiro atoms. The average Bonchev–Trinajstić information content (AvgIpc) is 3.05. The second-order valence-corrected chi connectivity index (χ2v) is 17.2. The summed E-state index contributed by atoms with van der Waals surface area (Å²) in [6, 6.07) is 13.7. The van der Waals surface area contributed by atoms with Crippen LogP contribution in [0.25, 0.3) is 10.8 Å². The van der Waals surface area contributed by atoms with Crippen LogP contribution in [0.15, 0.2) is 53.4 Å². The first kappa shape index (κ1) is 22.5. The summed E-state index contributed by atoms with van der Waals surface area (Å²) < 4.78 is 27.9. The normalized spacial score (nSPS) is 14.8. The molecule has 1 N–H and O–H groups in total. The second kappa shape index (κ2) is 7.18. The largest absolute Gasteiger partial charge is 0.507 e. The van der Waals surface area contributed by atoms with Gasteiger partial charge in [0.1, 0.15) is 5.75 Å². The van der Waals surface area contributed by atoms with Crippen molar-refractivity contribution in [2.24, 2.45) is 0 Å². The van der Waals surface area contributed by atoms with Gasteiger partial charge in [-0.15, -0.1) is 0 Å². The van der Waals surface area contributed by atoms with Crippen molar-refractivity contribution in [2.75, 3.05) is 0 Å². The van der Waals surface area contributed by atoms with Gasteiger partial charge in [-0.2, -0.15) is 0 Å². The SMILES string of the molecule is Cc1ccc(S(=O)(=O)N2Cc3c([Si](C)(C)C(C)(C)C)c(O)c4ccccc4c3C2=O)cc1. The number of amides is 1. The van der Waals surface area contributed by atoms with Crippen molar-refractivity contribution >= 4 is 40.0 Å². The lowest BCUT2D eigenvalue weighted by Crippen LogP contribution is -2.51. The quantitative estimate of drug-likeness (QED) is 0.555. The number of aromatic hydroxyl groups is 1. The summed E-state index contributed by atoms with van der Waals surface area (Å²) in [6.07, 6.45) is 0. The molecule has 3 aromatic rings. The summed E-state index contributed by atoms with van der Waals surface area (Å²) >= 11 is 0. The fraction of sp³-hybridized carbons (Fsp3) is 0.320. The molecule has 5 nitrogen and oxygen atoms in total. The van der Waals surface area contributed by atoms with E-state index in [1.54, 1.807) is 30.3 Å². The van der Waals surface area contributed by atoms with Gasteiger partial charge in [-0.3, -0.25) is 4.79 Å². The van der Waals surface area contributed by atoms with Gasteiger partial charge < -0.3 is 5.11 Å². The first-order chi connectivity index (χ1) is 14.8. The summed E-state index contributed by atoms with van der Waals surface area (Å²) in [5.41, 5.74) is 1.98. The molecule has 0 saturated heterocycles. The van der Waals surface area contributed by atoms with Crippen molar-refractivity contribution in [3.05, 3.63) is 65.2 Å². The summed E-state index contributed by atoms with van der Waals surface area (Å²) in [5.74, 6) is -0.356. The number of fused-ring (bicyclic) bond motifs is 3. The topological polar surface area (TPSA) is 74.7 Å². The van der Waals surface area contributed by atoms with Crippen LogP contribution in [0.1, 0.15) is 42.3 Å². The van der Waals surface area contributed by atoms with Gasteiger partial charge in [-0.1, -0.05) is 75.8 Å². The first-order valence-corrected chi connectivity index (χ1v) is 15.1. The average molecular weight is 468 g/mol. The number of aryl methyl sites for hydroxylation is 1. The fourth-order valence-electron chi connectivity index (χ4n) is 4.30. The zero-order chi connectivity index (χ0) is 23.6. The Morgan fingerprint density at radius 3 is 2.09 bits per heavy atom. The second-order valence-electron chi connectivity index (χ2n) is 10.1. The summed E-state index contributed by atoms with van der Waals surface area (Å²) in [6.45, 7) is 12.6. The fourth-order valence-corrected chi connectivity index (χ4v) is 8.07. The van der Waals surface area contributed by atoms with E-state index in [1.807, 2.05) is 13.0 Å². The smallest absolute Gasteiger partial charge is 0.268 e. The molecular weight excluding hydrogens is 438 g/mol. The summed E-state index contributed by atoms with van der Waals surface area (Å²) in [4.78, 5) is 13.7. The lowest BCUT2D eigenvalue weighted by atomic mass is 9.99. The minimum absolute atomic E-state index is 0.0649. The number of phenolic OH excluding ortho intramolecular Hbond substituents is 1. The number of carbonyl (C=O) groups excluding carboxylic acids is 1. The van der Waals surface area contributed by atoms with Gasteiger partial charge in [0.15, 0.2) is 0 Å². The highest BCUT2D eigenvalue weighted by Gasteiger charge is 2.47. The molecule has 168 valence electrons. The molecule has 1 heterocycles. The number of hydrogen-bond donors (Lipinski definition) is 1. The highest BCUT2D eigenvalue weighted by Crippen LogP contribution is 2.43. The molecule has 0 radical (unpaired) electrons. The third-order valence-electron chi connectivity index (χ3n) is 7.14. The van der Waals surface area contributed by atoms with E-state index in [4.69, 9.17) is 0 Å². The monoisotopic (exact) mass is 467 g/mol. The van der Waals surface area contributed by atoms with E-state index in [0.717, 1.165) is 15.1 Å². The van der Waals surface area contributed by atoms with Crippen molar-refractivity contribution in [3.63, 3.8) is 0 Å². The predicted molar refractivity (Wildman–Crippen MR) is 131 cm³/mol. The van der Waals surface area contributed by atoms with Crippen molar-refractivity contribution in [2.45, 2.75) is 57.3 Å². The standard InChI is InChI=1S/C25H29NO4SSi/c1-16-11-13-17(14-12-16)31(29,30)26-15-20-21(24(26)28)18-9-7-8-10-19(18)22(27)23(20)32(5,6)25(2,3)4/h7-14,27H,15H2,1-6H3. The number of phenols is 1. The molecule has 1 amide bonds. The van der Waals surface area contributed by atoms with Crippen LogP contribution in [-0.4, -0.2) is 31.8 Å². The van der Waals surface area contributed by atoms with E-state index in [-0.39, 0.29) is 22.2 Å². The molecule has 1 aliphatic heterocycles. The predicted octanol–water partition coefficient (Wildman–Crippen LogP) is 4.91. The number of benzene rings is 3. The van der Waals surface area contributed by atoms with Crippen LogP contribution in [0.4, 0.5) is 0 Å².